The van der Waals surface area contributed by atoms with Gasteiger partial charge in [-0.15, -0.1) is 0 Å². The van der Waals surface area contributed by atoms with Crippen LogP contribution in [-0.4, -0.2) is 9.97 Å². The molecule has 0 amide bonds. The molecule has 82 valence electrons. The van der Waals surface area contributed by atoms with Crippen molar-refractivity contribution in [1.29, 1.82) is 0 Å². The van der Waals surface area contributed by atoms with Crippen LogP contribution in [0.15, 0.2) is 6.20 Å². The summed E-state index contributed by atoms with van der Waals surface area (Å²) in [7, 11) is 0. The van der Waals surface area contributed by atoms with E-state index in [0.717, 1.165) is 11.8 Å². The number of nitrogens with one attached hydrogen (secondary N) is 1. The Balaban J connectivity index is 1.88. The second-order valence-electron chi connectivity index (χ2n) is 5.77. The highest BCUT2D eigenvalue weighted by Crippen LogP contribution is 2.63. The summed E-state index contributed by atoms with van der Waals surface area (Å²) < 4.78 is 0. The molecular formula is C12H19N3. The zero-order chi connectivity index (χ0) is 10.6. The number of hydrogen-bond acceptors (Lipinski definition) is 2. The van der Waals surface area contributed by atoms with Crippen molar-refractivity contribution in [1.82, 2.24) is 9.97 Å². The highest BCUT2D eigenvalue weighted by Gasteiger charge is 2.54. The third kappa shape index (κ3) is 1.15. The smallest absolute Gasteiger partial charge is 0.197 e. The molecule has 0 aliphatic heterocycles. The van der Waals surface area contributed by atoms with Crippen LogP contribution in [0.3, 0.4) is 0 Å². The fraction of sp³-hybridized carbons (Fsp3) is 0.750. The summed E-state index contributed by atoms with van der Waals surface area (Å²) in [4.78, 5) is 7.32. The first-order valence-corrected chi connectivity index (χ1v) is 5.89. The van der Waals surface area contributed by atoms with Crippen LogP contribution in [0.4, 0.5) is 5.95 Å². The fourth-order valence-electron chi connectivity index (χ4n) is 3.72. The normalized spacial score (nSPS) is 37.3. The van der Waals surface area contributed by atoms with Gasteiger partial charge in [-0.25, -0.2) is 4.98 Å². The van der Waals surface area contributed by atoms with E-state index in [1.807, 2.05) is 6.20 Å². The van der Waals surface area contributed by atoms with E-state index in [9.17, 15) is 0 Å². The Morgan fingerprint density at radius 3 is 2.80 bits per heavy atom. The Morgan fingerprint density at radius 1 is 1.47 bits per heavy atom. The van der Waals surface area contributed by atoms with Crippen molar-refractivity contribution >= 4 is 5.95 Å². The predicted molar refractivity (Wildman–Crippen MR) is 60.4 cm³/mol. The van der Waals surface area contributed by atoms with Gasteiger partial charge >= 0.3 is 0 Å². The first-order valence-electron chi connectivity index (χ1n) is 5.89. The van der Waals surface area contributed by atoms with E-state index in [0.29, 0.717) is 17.3 Å². The average molecular weight is 205 g/mol. The molecule has 4 rings (SSSR count). The van der Waals surface area contributed by atoms with Crippen LogP contribution in [0, 0.1) is 17.3 Å². The zero-order valence-corrected chi connectivity index (χ0v) is 9.46. The zero-order valence-electron chi connectivity index (χ0n) is 9.46. The number of imidazole rings is 1. The lowest BCUT2D eigenvalue weighted by Crippen LogP contribution is -2.51. The van der Waals surface area contributed by atoms with E-state index in [4.69, 9.17) is 5.73 Å². The Morgan fingerprint density at radius 2 is 2.27 bits per heavy atom. The third-order valence-electron chi connectivity index (χ3n) is 4.87. The van der Waals surface area contributed by atoms with Gasteiger partial charge in [0.05, 0.1) is 6.20 Å². The van der Waals surface area contributed by atoms with Crippen LogP contribution in [0.1, 0.15) is 44.7 Å². The maximum atomic E-state index is 5.64. The molecule has 3 fully saturated rings. The summed E-state index contributed by atoms with van der Waals surface area (Å²) in [5, 5.41) is 0. The maximum Gasteiger partial charge on any atom is 0.197 e. The SMILES string of the molecule is CC1(C)[C@H]2CCC(c3cnc(N)[nH]3)[C@@H]1C2. The van der Waals surface area contributed by atoms with Crippen LogP contribution in [0.2, 0.25) is 0 Å². The van der Waals surface area contributed by atoms with E-state index in [2.05, 4.69) is 23.8 Å². The van der Waals surface area contributed by atoms with Gasteiger partial charge in [-0.2, -0.15) is 0 Å². The van der Waals surface area contributed by atoms with Crippen molar-refractivity contribution in [3.05, 3.63) is 11.9 Å². The van der Waals surface area contributed by atoms with Crippen molar-refractivity contribution < 1.29 is 0 Å². The van der Waals surface area contributed by atoms with Crippen molar-refractivity contribution in [2.45, 2.75) is 39.0 Å². The molecule has 1 heterocycles. The monoisotopic (exact) mass is 205 g/mol. The molecule has 3 atom stereocenters. The van der Waals surface area contributed by atoms with Crippen LogP contribution in [0.5, 0.6) is 0 Å². The summed E-state index contributed by atoms with van der Waals surface area (Å²) in [6, 6.07) is 0. The Kier molecular flexibility index (Phi) is 1.71. The molecule has 3 heteroatoms. The highest BCUT2D eigenvalue weighted by atomic mass is 15.0. The van der Waals surface area contributed by atoms with Crippen LogP contribution < -0.4 is 5.73 Å². The summed E-state index contributed by atoms with van der Waals surface area (Å²) in [6.07, 6.45) is 6.00. The van der Waals surface area contributed by atoms with Gasteiger partial charge in [0.2, 0.25) is 0 Å². The largest absolute Gasteiger partial charge is 0.369 e. The summed E-state index contributed by atoms with van der Waals surface area (Å²) >= 11 is 0. The number of rotatable bonds is 1. The van der Waals surface area contributed by atoms with E-state index < -0.39 is 0 Å². The van der Waals surface area contributed by atoms with Gasteiger partial charge in [-0.3, -0.25) is 0 Å². The Labute approximate surface area is 90.5 Å². The van der Waals surface area contributed by atoms with Crippen LogP contribution >= 0.6 is 0 Å². The van der Waals surface area contributed by atoms with Crippen molar-refractivity contribution in [2.75, 3.05) is 5.73 Å². The molecule has 3 aliphatic rings. The Bertz CT molecular complexity index is 378. The maximum absolute atomic E-state index is 5.64. The molecule has 0 saturated heterocycles. The number of nitrogens with two attached hydrogens (primary N) is 1. The van der Waals surface area contributed by atoms with Gasteiger partial charge in [-0.05, 0) is 36.5 Å². The predicted octanol–water partition coefficient (Wildman–Crippen LogP) is 2.53. The van der Waals surface area contributed by atoms with E-state index in [1.165, 1.54) is 25.0 Å². The Hall–Kier alpha value is -0.990. The molecule has 1 aromatic heterocycles. The molecular weight excluding hydrogens is 186 g/mol. The molecule has 0 radical (unpaired) electrons. The van der Waals surface area contributed by atoms with Crippen LogP contribution in [-0.2, 0) is 0 Å². The topological polar surface area (TPSA) is 54.7 Å². The molecule has 2 bridgehead atoms. The fourth-order valence-corrected chi connectivity index (χ4v) is 3.72. The second-order valence-corrected chi connectivity index (χ2v) is 5.77. The molecule has 1 aromatic rings. The molecule has 0 aromatic carbocycles. The lowest BCUT2D eigenvalue weighted by molar-refractivity contribution is -0.0813. The number of anilines is 1. The molecule has 0 spiro atoms. The number of H-pyrrole nitrogens is 1. The van der Waals surface area contributed by atoms with Gasteiger partial charge in [0.1, 0.15) is 0 Å². The van der Waals surface area contributed by atoms with Crippen molar-refractivity contribution in [2.24, 2.45) is 17.3 Å². The molecule has 3 saturated carbocycles. The van der Waals surface area contributed by atoms with Crippen molar-refractivity contribution in [3.63, 3.8) is 0 Å². The number of hydrogen-bond donors (Lipinski definition) is 2. The molecule has 3 nitrogen and oxygen atoms in total. The lowest BCUT2D eigenvalue weighted by atomic mass is 9.45. The minimum atomic E-state index is 0.531. The van der Waals surface area contributed by atoms with Gasteiger partial charge in [0.25, 0.3) is 0 Å². The van der Waals surface area contributed by atoms with E-state index in [-0.39, 0.29) is 0 Å². The summed E-state index contributed by atoms with van der Waals surface area (Å²) in [6.45, 7) is 4.83. The van der Waals surface area contributed by atoms with Gasteiger partial charge in [-0.1, -0.05) is 13.8 Å². The number of nitrogen functional groups attached to an aromatic ring is 1. The minimum absolute atomic E-state index is 0.531. The summed E-state index contributed by atoms with van der Waals surface area (Å²) in [5.74, 6) is 3.01. The quantitative estimate of drug-likeness (QED) is 0.740. The van der Waals surface area contributed by atoms with Crippen molar-refractivity contribution in [3.8, 4) is 0 Å². The average Bonchev–Trinajstić information content (AvgIpc) is 2.64. The second kappa shape index (κ2) is 2.77. The van der Waals surface area contributed by atoms with E-state index >= 15 is 0 Å². The number of nitrogens with zero attached hydrogens (tertiary/aromatic N) is 1. The molecule has 3 aliphatic carbocycles. The number of aromatic amines is 1. The number of aromatic nitrogens is 2. The molecule has 3 N–H and O–H groups in total. The molecule has 15 heavy (non-hydrogen) atoms. The number of fused-ring (bicyclic) bond motifs is 2. The summed E-state index contributed by atoms with van der Waals surface area (Å²) in [5.41, 5.74) is 7.43. The third-order valence-corrected chi connectivity index (χ3v) is 4.87. The van der Waals surface area contributed by atoms with Crippen LogP contribution in [0.25, 0.3) is 0 Å². The van der Waals surface area contributed by atoms with Gasteiger partial charge in [0.15, 0.2) is 5.95 Å². The first-order chi connectivity index (χ1) is 7.09. The lowest BCUT2D eigenvalue weighted by Gasteiger charge is -2.60. The standard InChI is InChI=1S/C12H19N3/c1-12(2)7-3-4-8(9(12)5-7)10-6-14-11(13)15-10/h6-9H,3-5H2,1-2H3,(H3,13,14,15)/t7-,8?,9-/m0/s1. The van der Waals surface area contributed by atoms with E-state index in [1.54, 1.807) is 0 Å². The molecule has 1 unspecified atom stereocenters. The van der Waals surface area contributed by atoms with Gasteiger partial charge in [0, 0.05) is 11.6 Å². The van der Waals surface area contributed by atoms with Gasteiger partial charge < -0.3 is 10.7 Å². The first kappa shape index (κ1) is 9.25. The minimum Gasteiger partial charge on any atom is -0.369 e. The highest BCUT2D eigenvalue weighted by molar-refractivity contribution is 5.24.